The lowest BCUT2D eigenvalue weighted by molar-refractivity contribution is 0.653. The highest BCUT2D eigenvalue weighted by Gasteiger charge is 2.21. The van der Waals surface area contributed by atoms with E-state index in [-0.39, 0.29) is 0 Å². The molecule has 4 heterocycles. The molecule has 0 radical (unpaired) electrons. The van der Waals surface area contributed by atoms with Gasteiger partial charge in [-0.15, -0.1) is 11.3 Å². The first-order chi connectivity index (χ1) is 27.6. The Labute approximate surface area is 327 Å². The number of thiophene rings is 1. The number of nitrogens with zero attached hydrogens (tertiary/aromatic N) is 3. The first-order valence-electron chi connectivity index (χ1n) is 18.8. The van der Waals surface area contributed by atoms with Gasteiger partial charge in [-0.2, -0.15) is 4.98 Å². The van der Waals surface area contributed by atoms with Crippen LogP contribution < -0.4 is 0 Å². The molecule has 0 unspecified atom stereocenters. The smallest absolute Gasteiger partial charge is 0.231 e. The minimum atomic E-state index is 0.574. The molecule has 7 aromatic carbocycles. The van der Waals surface area contributed by atoms with E-state index in [0.717, 1.165) is 55.5 Å². The van der Waals surface area contributed by atoms with Crippen LogP contribution in [0.4, 0.5) is 0 Å². The fourth-order valence-electron chi connectivity index (χ4n) is 8.31. The van der Waals surface area contributed by atoms with Crippen molar-refractivity contribution in [1.82, 2.24) is 14.5 Å². The summed E-state index contributed by atoms with van der Waals surface area (Å²) >= 11 is 1.85. The first-order valence-corrected chi connectivity index (χ1v) is 19.6. The second-order valence-corrected chi connectivity index (χ2v) is 15.3. The van der Waals surface area contributed by atoms with Crippen LogP contribution in [0.1, 0.15) is 11.1 Å². The summed E-state index contributed by atoms with van der Waals surface area (Å²) < 4.78 is 10.0. The molecule has 11 rings (SSSR count). The van der Waals surface area contributed by atoms with Crippen LogP contribution in [0.25, 0.3) is 110 Å². The molecule has 264 valence electrons. The Balaban J connectivity index is 1.15. The highest BCUT2D eigenvalue weighted by molar-refractivity contribution is 7.22. The van der Waals surface area contributed by atoms with Gasteiger partial charge in [0.15, 0.2) is 5.82 Å². The molecule has 0 saturated heterocycles. The molecule has 0 amide bonds. The Morgan fingerprint density at radius 3 is 2.11 bits per heavy atom. The fourth-order valence-corrected chi connectivity index (χ4v) is 9.56. The number of aryl methyl sites for hydroxylation is 1. The minimum absolute atomic E-state index is 0.574. The summed E-state index contributed by atoms with van der Waals surface area (Å²) in [6.07, 6.45) is 1.99. The van der Waals surface area contributed by atoms with Crippen LogP contribution in [-0.2, 0) is 0 Å². The summed E-state index contributed by atoms with van der Waals surface area (Å²) in [5.41, 5.74) is 13.4. The van der Waals surface area contributed by atoms with E-state index in [0.29, 0.717) is 11.5 Å². The lowest BCUT2D eigenvalue weighted by atomic mass is 9.98. The molecule has 0 aliphatic carbocycles. The monoisotopic (exact) mass is 735 g/mol. The van der Waals surface area contributed by atoms with E-state index in [1.807, 2.05) is 53.8 Å². The van der Waals surface area contributed by atoms with Crippen LogP contribution in [0, 0.1) is 6.92 Å². The lowest BCUT2D eigenvalue weighted by Gasteiger charge is -2.12. The molecule has 11 aromatic rings. The molecule has 0 aliphatic heterocycles. The molecule has 0 fully saturated rings. The molecule has 0 aliphatic rings. The molecule has 4 aromatic heterocycles. The zero-order valence-electron chi connectivity index (χ0n) is 30.5. The van der Waals surface area contributed by atoms with E-state index in [1.54, 1.807) is 0 Å². The third kappa shape index (κ3) is 5.05. The van der Waals surface area contributed by atoms with Crippen LogP contribution in [0.2, 0.25) is 0 Å². The van der Waals surface area contributed by atoms with Gasteiger partial charge >= 0.3 is 0 Å². The third-order valence-electron chi connectivity index (χ3n) is 11.0. The van der Waals surface area contributed by atoms with Crippen molar-refractivity contribution in [2.75, 3.05) is 0 Å². The van der Waals surface area contributed by atoms with Crippen molar-refractivity contribution < 1.29 is 4.42 Å². The fraction of sp³-hybridized carbons (Fsp3) is 0.0196. The third-order valence-corrected chi connectivity index (χ3v) is 12.3. The second-order valence-electron chi connectivity index (χ2n) is 14.2. The van der Waals surface area contributed by atoms with E-state index in [9.17, 15) is 0 Å². The molecule has 0 N–H and O–H groups in total. The number of fused-ring (bicyclic) bond motifs is 7. The van der Waals surface area contributed by atoms with Crippen molar-refractivity contribution in [2.45, 2.75) is 6.92 Å². The van der Waals surface area contributed by atoms with Crippen molar-refractivity contribution >= 4 is 71.4 Å². The zero-order valence-corrected chi connectivity index (χ0v) is 31.3. The molecule has 0 atom stereocenters. The van der Waals surface area contributed by atoms with Gasteiger partial charge in [0.05, 0.1) is 22.1 Å². The Morgan fingerprint density at radius 2 is 1.30 bits per heavy atom. The topological polar surface area (TPSA) is 43.9 Å². The van der Waals surface area contributed by atoms with Gasteiger partial charge in [0.1, 0.15) is 5.58 Å². The normalized spacial score (nSPS) is 11.7. The maximum Gasteiger partial charge on any atom is 0.231 e. The maximum absolute atomic E-state index is 6.38. The minimum Gasteiger partial charge on any atom is -0.438 e. The average Bonchev–Trinajstić information content (AvgIpc) is 3.92. The van der Waals surface area contributed by atoms with Crippen molar-refractivity contribution in [1.29, 1.82) is 0 Å². The SMILES string of the molecule is C=Cc1cc2c(cc1-c1sc3ccccc3c1C)c1cc(-c3ccccc3)ccc1n2-c1cccc(-c2nc(-c3ccccc3)c3c(n2)oc2ccccc23)c1. The number of para-hydroxylation sites is 1. The van der Waals surface area contributed by atoms with E-state index in [4.69, 9.17) is 14.4 Å². The van der Waals surface area contributed by atoms with Gasteiger partial charge in [-0.1, -0.05) is 128 Å². The van der Waals surface area contributed by atoms with Gasteiger partial charge in [-0.3, -0.25) is 0 Å². The molecule has 0 bridgehead atoms. The predicted molar refractivity (Wildman–Crippen MR) is 236 cm³/mol. The Hall–Kier alpha value is -7.08. The number of benzene rings is 7. The van der Waals surface area contributed by atoms with Gasteiger partial charge in [-0.05, 0) is 88.7 Å². The average molecular weight is 736 g/mol. The number of aromatic nitrogens is 3. The molecule has 4 nitrogen and oxygen atoms in total. The summed E-state index contributed by atoms with van der Waals surface area (Å²) in [6, 6.07) is 57.7. The molecule has 56 heavy (non-hydrogen) atoms. The summed E-state index contributed by atoms with van der Waals surface area (Å²) in [4.78, 5) is 11.6. The van der Waals surface area contributed by atoms with Crippen LogP contribution in [0.3, 0.4) is 0 Å². The van der Waals surface area contributed by atoms with Gasteiger partial charge in [0.2, 0.25) is 5.71 Å². The largest absolute Gasteiger partial charge is 0.438 e. The number of hydrogen-bond donors (Lipinski definition) is 0. The quantitative estimate of drug-likeness (QED) is 0.171. The van der Waals surface area contributed by atoms with Crippen LogP contribution in [0.5, 0.6) is 0 Å². The van der Waals surface area contributed by atoms with Gasteiger partial charge in [0, 0.05) is 42.6 Å². The van der Waals surface area contributed by atoms with E-state index >= 15 is 0 Å². The number of rotatable bonds is 6. The Kier molecular flexibility index (Phi) is 7.37. The lowest BCUT2D eigenvalue weighted by Crippen LogP contribution is -1.97. The second kappa shape index (κ2) is 12.8. The summed E-state index contributed by atoms with van der Waals surface area (Å²) in [5, 5.41) is 5.60. The number of furan rings is 1. The van der Waals surface area contributed by atoms with E-state index in [1.165, 1.54) is 48.0 Å². The van der Waals surface area contributed by atoms with Crippen LogP contribution in [-0.4, -0.2) is 14.5 Å². The van der Waals surface area contributed by atoms with Gasteiger partial charge < -0.3 is 8.98 Å². The Bertz CT molecular complexity index is 3330. The zero-order chi connectivity index (χ0) is 37.3. The molecule has 0 spiro atoms. The standard InChI is InChI=1S/C51H33N3OS/c1-3-32-29-44-42(30-40(32)49-31(2)38-21-11-13-24-46(38)56-49)41-28-35(33-15-6-4-7-16-33)25-26-43(41)54(44)37-20-14-19-36(27-37)50-52-48(34-17-8-5-9-18-34)47-39-22-10-12-23-45(39)55-51(47)53-50/h3-30H,1H2,2H3. The molecule has 5 heteroatoms. The molecule has 0 saturated carbocycles. The van der Waals surface area contributed by atoms with E-state index in [2.05, 4.69) is 145 Å². The highest BCUT2D eigenvalue weighted by atomic mass is 32.1. The van der Waals surface area contributed by atoms with Gasteiger partial charge in [0.25, 0.3) is 0 Å². The highest BCUT2D eigenvalue weighted by Crippen LogP contribution is 2.44. The Morgan fingerprint density at radius 1 is 0.589 bits per heavy atom. The maximum atomic E-state index is 6.38. The van der Waals surface area contributed by atoms with Crippen LogP contribution >= 0.6 is 11.3 Å². The van der Waals surface area contributed by atoms with Gasteiger partial charge in [-0.25, -0.2) is 4.98 Å². The van der Waals surface area contributed by atoms with Crippen molar-refractivity contribution in [3.05, 3.63) is 181 Å². The van der Waals surface area contributed by atoms with Crippen LogP contribution in [0.15, 0.2) is 175 Å². The summed E-state index contributed by atoms with van der Waals surface area (Å²) in [6.45, 7) is 6.55. The first kappa shape index (κ1) is 32.4. The summed E-state index contributed by atoms with van der Waals surface area (Å²) in [5.74, 6) is 0.610. The van der Waals surface area contributed by atoms with Crippen molar-refractivity contribution in [3.63, 3.8) is 0 Å². The van der Waals surface area contributed by atoms with E-state index < -0.39 is 0 Å². The molecular formula is C51H33N3OS. The van der Waals surface area contributed by atoms with Crippen molar-refractivity contribution in [3.8, 4) is 49.9 Å². The van der Waals surface area contributed by atoms with Crippen molar-refractivity contribution in [2.24, 2.45) is 0 Å². The molecular weight excluding hydrogens is 703 g/mol. The predicted octanol–water partition coefficient (Wildman–Crippen LogP) is 14.3. The number of hydrogen-bond acceptors (Lipinski definition) is 4. The summed E-state index contributed by atoms with van der Waals surface area (Å²) in [7, 11) is 0.